The molecule has 0 aliphatic heterocycles. The van der Waals surface area contributed by atoms with E-state index in [4.69, 9.17) is 28.4 Å². The molecule has 0 N–H and O–H groups in total. The van der Waals surface area contributed by atoms with Gasteiger partial charge >= 0.3 is 0 Å². The average Bonchev–Trinajstić information content (AvgIpc) is 3.94. The minimum Gasteiger partial charge on any atom is -0.456 e. The second-order valence-corrected chi connectivity index (χ2v) is 11.8. The van der Waals surface area contributed by atoms with E-state index in [1.807, 2.05) is 78.9 Å². The van der Waals surface area contributed by atoms with Gasteiger partial charge in [0, 0.05) is 44.1 Å². The molecule has 0 fully saturated rings. The molecule has 0 amide bonds. The Morgan fingerprint density at radius 3 is 2.14 bits per heavy atom. The Hall–Kier alpha value is -6.72. The Labute approximate surface area is 293 Å². The topological polar surface area (TPSA) is 57.0 Å². The molecule has 0 aliphatic rings. The highest BCUT2D eigenvalue weighted by Crippen LogP contribution is 2.42. The first-order valence-electron chi connectivity index (χ1n) is 20.6. The summed E-state index contributed by atoms with van der Waals surface area (Å²) < 4.78 is 104. The zero-order valence-electron chi connectivity index (χ0n) is 35.3. The Kier molecular flexibility index (Phi) is 3.75. The molecule has 11 rings (SSSR count). The molecule has 0 bridgehead atoms. The summed E-state index contributed by atoms with van der Waals surface area (Å²) in [6.07, 6.45) is 0. The molecule has 5 heteroatoms. The highest BCUT2D eigenvalue weighted by molar-refractivity contribution is 6.16. The van der Waals surface area contributed by atoms with E-state index < -0.39 is 54.4 Å². The smallest absolute Gasteiger partial charge is 0.180 e. The number of benzene rings is 7. The highest BCUT2D eigenvalue weighted by atomic mass is 16.3. The van der Waals surface area contributed by atoms with Crippen LogP contribution in [-0.4, -0.2) is 14.5 Å². The van der Waals surface area contributed by atoms with Crippen LogP contribution in [0, 0.1) is 0 Å². The van der Waals surface area contributed by atoms with E-state index in [9.17, 15) is 4.11 Å². The average molecular weight is 638 g/mol. The van der Waals surface area contributed by atoms with Crippen molar-refractivity contribution in [3.05, 3.63) is 151 Å². The van der Waals surface area contributed by atoms with Crippen LogP contribution in [0.15, 0.2) is 160 Å². The fraction of sp³-hybridized carbons (Fsp3) is 0. The Balaban J connectivity index is 1.35. The molecular weight excluding hydrogens is 603 g/mol. The van der Waals surface area contributed by atoms with Crippen LogP contribution in [0.2, 0.25) is 0 Å². The molecule has 7 aromatic carbocycles. The van der Waals surface area contributed by atoms with Crippen molar-refractivity contribution in [1.82, 2.24) is 14.5 Å². The van der Waals surface area contributed by atoms with Crippen LogP contribution in [0.25, 0.3) is 105 Å². The fourth-order valence-corrected chi connectivity index (χ4v) is 6.89. The number of hydrogen-bond acceptors (Lipinski definition) is 4. The van der Waals surface area contributed by atoms with E-state index in [2.05, 4.69) is 0 Å². The van der Waals surface area contributed by atoms with Gasteiger partial charge in [-0.25, -0.2) is 9.97 Å². The second-order valence-electron chi connectivity index (χ2n) is 11.8. The molecule has 49 heavy (non-hydrogen) atoms. The molecule has 0 aliphatic carbocycles. The first kappa shape index (κ1) is 18.6. The molecule has 0 saturated carbocycles. The maximum atomic E-state index is 9.62. The van der Waals surface area contributed by atoms with E-state index in [0.717, 1.165) is 16.3 Å². The van der Waals surface area contributed by atoms with E-state index >= 15 is 0 Å². The van der Waals surface area contributed by atoms with Crippen LogP contribution in [0.4, 0.5) is 0 Å². The standard InChI is InChI=1S/C44H25N3O2/c1-2-12-26(13-3-1)41-43-42(32-18-8-11-21-38(32)49-43)46-44(45-41)34-24-29(25-39-40(34)31-17-7-10-20-37(31)48-39)47-35-19-9-6-16-30(35)33-22-27-14-4-5-15-28(27)23-36(33)47/h1-25H/i4D,5D,6D,9D,14D,15D,16D,19D,22D,23D. The number of hydrogen-bond donors (Lipinski definition) is 0. The molecule has 5 nitrogen and oxygen atoms in total. The van der Waals surface area contributed by atoms with Gasteiger partial charge in [0.25, 0.3) is 0 Å². The van der Waals surface area contributed by atoms with Gasteiger partial charge in [-0.1, -0.05) is 103 Å². The third-order valence-corrected chi connectivity index (χ3v) is 9.01. The molecule has 4 aromatic heterocycles. The zero-order chi connectivity index (χ0) is 40.8. The van der Waals surface area contributed by atoms with Crippen LogP contribution in [0.5, 0.6) is 0 Å². The van der Waals surface area contributed by atoms with Gasteiger partial charge in [0.05, 0.1) is 30.4 Å². The zero-order valence-corrected chi connectivity index (χ0v) is 25.3. The number of nitrogens with zero attached hydrogens (tertiary/aromatic N) is 3. The summed E-state index contributed by atoms with van der Waals surface area (Å²) in [7, 11) is 0. The van der Waals surface area contributed by atoms with Crippen molar-refractivity contribution in [2.45, 2.75) is 0 Å². The van der Waals surface area contributed by atoms with E-state index in [-0.39, 0.29) is 50.1 Å². The van der Waals surface area contributed by atoms with Crippen molar-refractivity contribution >= 4 is 76.6 Å². The number of furan rings is 2. The maximum absolute atomic E-state index is 9.62. The third kappa shape index (κ3) is 3.81. The molecule has 4 heterocycles. The Morgan fingerprint density at radius 1 is 0.571 bits per heavy atom. The number of para-hydroxylation sites is 3. The van der Waals surface area contributed by atoms with Crippen LogP contribution in [0.3, 0.4) is 0 Å². The fourth-order valence-electron chi connectivity index (χ4n) is 6.89. The van der Waals surface area contributed by atoms with Crippen LogP contribution < -0.4 is 0 Å². The van der Waals surface area contributed by atoms with Gasteiger partial charge in [-0.3, -0.25) is 0 Å². The highest BCUT2D eigenvalue weighted by Gasteiger charge is 2.23. The molecular formula is C44H25N3O2. The predicted molar refractivity (Wildman–Crippen MR) is 199 cm³/mol. The van der Waals surface area contributed by atoms with Gasteiger partial charge in [0.2, 0.25) is 0 Å². The first-order chi connectivity index (χ1) is 28.5. The summed E-state index contributed by atoms with van der Waals surface area (Å²) in [5.41, 5.74) is 4.58. The monoisotopic (exact) mass is 637 g/mol. The summed E-state index contributed by atoms with van der Waals surface area (Å²) in [4.78, 5) is 10.3. The number of aromatic nitrogens is 3. The molecule has 0 spiro atoms. The Bertz CT molecular complexity index is 3690. The lowest BCUT2D eigenvalue weighted by atomic mass is 10.0. The van der Waals surface area contributed by atoms with E-state index in [1.165, 1.54) is 4.57 Å². The van der Waals surface area contributed by atoms with Crippen molar-refractivity contribution < 1.29 is 22.5 Å². The molecule has 228 valence electrons. The first-order valence-corrected chi connectivity index (χ1v) is 15.6. The summed E-state index contributed by atoms with van der Waals surface area (Å²) in [6.45, 7) is 0. The number of rotatable bonds is 3. The van der Waals surface area contributed by atoms with Crippen molar-refractivity contribution in [1.29, 1.82) is 0 Å². The lowest BCUT2D eigenvalue weighted by molar-refractivity contribution is 0.667. The summed E-state index contributed by atoms with van der Waals surface area (Å²) >= 11 is 0. The van der Waals surface area contributed by atoms with Gasteiger partial charge in [-0.05, 0) is 53.2 Å². The lowest BCUT2D eigenvalue weighted by Crippen LogP contribution is -1.98. The van der Waals surface area contributed by atoms with E-state index in [1.54, 1.807) is 12.1 Å². The van der Waals surface area contributed by atoms with Crippen molar-refractivity contribution in [2.75, 3.05) is 0 Å². The molecule has 0 radical (unpaired) electrons. The van der Waals surface area contributed by atoms with Gasteiger partial charge in [0.15, 0.2) is 11.4 Å². The largest absolute Gasteiger partial charge is 0.456 e. The SMILES string of the molecule is [2H]c1c([2H])c([2H])c2c([2H])c3c(c([2H])c2c1[2H])c1c([2H])c([2H])c([2H])c([2H])c1n3-c1cc(-c2nc(-c3ccccc3)c3oc4ccccc4c3n2)c2c(c1)oc1ccccc12. The van der Waals surface area contributed by atoms with Gasteiger partial charge in [-0.15, -0.1) is 0 Å². The molecule has 11 aromatic rings. The molecule has 0 saturated heterocycles. The lowest BCUT2D eigenvalue weighted by Gasteiger charge is -2.12. The quantitative estimate of drug-likeness (QED) is 0.193. The van der Waals surface area contributed by atoms with Crippen LogP contribution in [0.1, 0.15) is 13.7 Å². The maximum Gasteiger partial charge on any atom is 0.180 e. The third-order valence-electron chi connectivity index (χ3n) is 9.01. The summed E-state index contributed by atoms with van der Waals surface area (Å²) in [5, 5.41) is 1.61. The van der Waals surface area contributed by atoms with Crippen molar-refractivity contribution in [3.63, 3.8) is 0 Å². The van der Waals surface area contributed by atoms with Crippen LogP contribution >= 0.6 is 0 Å². The second kappa shape index (κ2) is 9.89. The predicted octanol–water partition coefficient (Wildman–Crippen LogP) is 11.9. The van der Waals surface area contributed by atoms with Gasteiger partial charge < -0.3 is 13.4 Å². The van der Waals surface area contributed by atoms with E-state index in [0.29, 0.717) is 44.5 Å². The summed E-state index contributed by atoms with van der Waals surface area (Å²) in [6, 6.07) is 23.1. The van der Waals surface area contributed by atoms with Crippen LogP contribution in [-0.2, 0) is 0 Å². The molecule has 0 atom stereocenters. The summed E-state index contributed by atoms with van der Waals surface area (Å²) in [5.74, 6) is 0.288. The van der Waals surface area contributed by atoms with Crippen molar-refractivity contribution in [2.24, 2.45) is 0 Å². The molecule has 0 unspecified atom stereocenters. The minimum absolute atomic E-state index is 0.0434. The van der Waals surface area contributed by atoms with Gasteiger partial charge in [-0.2, -0.15) is 0 Å². The van der Waals surface area contributed by atoms with Crippen molar-refractivity contribution in [3.8, 4) is 28.3 Å². The normalized spacial score (nSPS) is 14.9. The number of fused-ring (bicyclic) bond motifs is 10. The Morgan fingerprint density at radius 2 is 1.29 bits per heavy atom. The minimum atomic E-state index is -0.586. The van der Waals surface area contributed by atoms with Gasteiger partial charge in [0.1, 0.15) is 28.0 Å².